The molecule has 2 fully saturated rings. The van der Waals surface area contributed by atoms with Crippen LogP contribution in [-0.2, 0) is 64.5 Å². The Kier molecular flexibility index (Phi) is 12.2. The van der Waals surface area contributed by atoms with Gasteiger partial charge >= 0.3 is 5.97 Å². The van der Waals surface area contributed by atoms with Crippen LogP contribution in [0.4, 0.5) is 0 Å². The number of hydrogen-bond donors (Lipinski definition) is 0. The van der Waals surface area contributed by atoms with Crippen LogP contribution in [-0.4, -0.2) is 67.5 Å². The predicted octanol–water partition coefficient (Wildman–Crippen LogP) is 6.25. The number of rotatable bonds is 15. The van der Waals surface area contributed by atoms with E-state index in [1.165, 1.54) is 5.06 Å². The van der Waals surface area contributed by atoms with Crippen LogP contribution in [0.1, 0.15) is 35.6 Å². The highest BCUT2D eigenvalue weighted by molar-refractivity contribution is 5.76. The van der Waals surface area contributed by atoms with Gasteiger partial charge in [-0.15, -0.1) is 0 Å². The fourth-order valence-corrected chi connectivity index (χ4v) is 6.37. The zero-order valence-electron chi connectivity index (χ0n) is 28.1. The molecular weight excluding hydrogens is 622 g/mol. The van der Waals surface area contributed by atoms with Gasteiger partial charge in [0.05, 0.1) is 39.6 Å². The molecule has 2 aliphatic heterocycles. The van der Waals surface area contributed by atoms with E-state index in [9.17, 15) is 4.79 Å². The summed E-state index contributed by atoms with van der Waals surface area (Å²) in [6, 6.07) is 39.1. The fourth-order valence-electron chi connectivity index (χ4n) is 6.37. The van der Waals surface area contributed by atoms with Gasteiger partial charge in [0.15, 0.2) is 0 Å². The zero-order valence-corrected chi connectivity index (χ0v) is 28.1. The van der Waals surface area contributed by atoms with Gasteiger partial charge < -0.3 is 28.4 Å². The first-order chi connectivity index (χ1) is 24.0. The lowest BCUT2D eigenvalue weighted by Gasteiger charge is -2.50. The van der Waals surface area contributed by atoms with Gasteiger partial charge in [-0.3, -0.25) is 9.63 Å². The molecule has 2 heterocycles. The maximum atomic E-state index is 13.2. The Labute approximate surface area is 288 Å². The summed E-state index contributed by atoms with van der Waals surface area (Å²) in [5.74, 6) is -1.80. The number of carbonyl (C=O) groups excluding carboxylic acids is 1. The lowest BCUT2D eigenvalue weighted by atomic mass is 9.88. The highest BCUT2D eigenvalue weighted by Gasteiger charge is 2.63. The third-order valence-corrected chi connectivity index (χ3v) is 8.78. The highest BCUT2D eigenvalue weighted by atomic mass is 16.8. The molecule has 9 nitrogen and oxygen atoms in total. The molecule has 6 rings (SSSR count). The second-order valence-corrected chi connectivity index (χ2v) is 12.3. The monoisotopic (exact) mass is 667 g/mol. The Morgan fingerprint density at radius 1 is 0.694 bits per heavy atom. The molecule has 6 atom stereocenters. The summed E-state index contributed by atoms with van der Waals surface area (Å²) in [6.45, 7) is 3.48. The molecule has 4 aromatic rings. The molecule has 0 radical (unpaired) electrons. The van der Waals surface area contributed by atoms with Crippen molar-refractivity contribution in [2.75, 3.05) is 20.3 Å². The molecule has 0 bridgehead atoms. The summed E-state index contributed by atoms with van der Waals surface area (Å²) in [5.41, 5.74) is 4.02. The fraction of sp³-hybridized carbons (Fsp3) is 0.375. The maximum Gasteiger partial charge on any atom is 0.325 e. The number of carbonyl (C=O) groups is 1. The molecule has 0 N–H and O–H groups in total. The molecule has 4 aromatic carbocycles. The van der Waals surface area contributed by atoms with Gasteiger partial charge in [0.25, 0.3) is 0 Å². The van der Waals surface area contributed by atoms with Crippen LogP contribution in [0.25, 0.3) is 0 Å². The predicted molar refractivity (Wildman–Crippen MR) is 183 cm³/mol. The molecule has 1 spiro atoms. The molecule has 258 valence electrons. The molecular formula is C40H45NO8. The van der Waals surface area contributed by atoms with Gasteiger partial charge in [0, 0.05) is 13.5 Å². The van der Waals surface area contributed by atoms with E-state index in [1.54, 1.807) is 14.0 Å². The van der Waals surface area contributed by atoms with Crippen LogP contribution in [0.5, 0.6) is 0 Å². The first-order valence-electron chi connectivity index (χ1n) is 16.9. The first kappa shape index (κ1) is 34.9. The molecule has 1 unspecified atom stereocenters. The molecule has 0 amide bonds. The maximum absolute atomic E-state index is 13.2. The van der Waals surface area contributed by atoms with Crippen LogP contribution >= 0.6 is 0 Å². The molecule has 0 aliphatic carbocycles. The molecule has 0 saturated carbocycles. The number of ether oxygens (including phenoxy) is 6. The molecule has 0 aromatic heterocycles. The smallest absolute Gasteiger partial charge is 0.325 e. The minimum atomic E-state index is -1.41. The van der Waals surface area contributed by atoms with Crippen molar-refractivity contribution >= 4 is 5.97 Å². The summed E-state index contributed by atoms with van der Waals surface area (Å²) in [4.78, 5) is 19.7. The zero-order chi connectivity index (χ0) is 33.9. The number of hydroxylamine groups is 2. The van der Waals surface area contributed by atoms with Gasteiger partial charge in [0.2, 0.25) is 5.79 Å². The Hall–Kier alpha value is -3.93. The second-order valence-electron chi connectivity index (χ2n) is 12.3. The van der Waals surface area contributed by atoms with Crippen molar-refractivity contribution in [3.05, 3.63) is 144 Å². The van der Waals surface area contributed by atoms with Gasteiger partial charge in [-0.05, 0) is 29.2 Å². The lowest BCUT2D eigenvalue weighted by Crippen LogP contribution is -2.67. The minimum absolute atomic E-state index is 0.160. The Morgan fingerprint density at radius 3 is 1.67 bits per heavy atom. The van der Waals surface area contributed by atoms with Gasteiger partial charge in [-0.1, -0.05) is 121 Å². The summed E-state index contributed by atoms with van der Waals surface area (Å²) in [6.07, 6.45) is -2.58. The van der Waals surface area contributed by atoms with E-state index in [0.717, 1.165) is 22.3 Å². The van der Waals surface area contributed by atoms with Crippen molar-refractivity contribution in [3.8, 4) is 0 Å². The molecule has 2 aliphatic rings. The van der Waals surface area contributed by atoms with Crippen LogP contribution < -0.4 is 0 Å². The average Bonchev–Trinajstić information content (AvgIpc) is 3.47. The summed E-state index contributed by atoms with van der Waals surface area (Å²) >= 11 is 0. The Morgan fingerprint density at radius 2 is 1.16 bits per heavy atom. The van der Waals surface area contributed by atoms with Crippen molar-refractivity contribution in [2.24, 2.45) is 0 Å². The van der Waals surface area contributed by atoms with E-state index >= 15 is 0 Å². The average molecular weight is 668 g/mol. The summed E-state index contributed by atoms with van der Waals surface area (Å²) in [7, 11) is 1.71. The Bertz CT molecular complexity index is 1560. The van der Waals surface area contributed by atoms with Crippen LogP contribution in [0.3, 0.4) is 0 Å². The third kappa shape index (κ3) is 9.00. The summed E-state index contributed by atoms with van der Waals surface area (Å²) < 4.78 is 39.0. The van der Waals surface area contributed by atoms with Crippen molar-refractivity contribution in [2.45, 2.75) is 76.0 Å². The lowest BCUT2D eigenvalue weighted by molar-refractivity contribution is -0.404. The highest BCUT2D eigenvalue weighted by Crippen LogP contribution is 2.45. The van der Waals surface area contributed by atoms with Crippen molar-refractivity contribution in [1.29, 1.82) is 0 Å². The van der Waals surface area contributed by atoms with E-state index in [2.05, 4.69) is 0 Å². The minimum Gasteiger partial charge on any atom is -0.465 e. The number of likely N-dealkylation sites (N-methyl/N-ethyl adjacent to an activating group) is 1. The molecule has 9 heteroatoms. The van der Waals surface area contributed by atoms with Crippen LogP contribution in [0.2, 0.25) is 0 Å². The van der Waals surface area contributed by atoms with Gasteiger partial charge in [0.1, 0.15) is 30.5 Å². The standard InChI is InChI=1S/C40H45NO8/c1-3-44-39(42)34-24-40(49-41(34)2)38(47-28-33-22-14-7-15-23-33)37(46-27-32-20-12-6-13-21-32)36(45-26-31-18-10-5-11-19-31)35(48-40)29-43-25-30-16-8-4-9-17-30/h4-23,34-38H,3,24-29H2,1-2H3/t34-,35?,36-,37+,38-,40-/m1/s1. The first-order valence-corrected chi connectivity index (χ1v) is 16.9. The number of benzene rings is 4. The molecule has 49 heavy (non-hydrogen) atoms. The third-order valence-electron chi connectivity index (χ3n) is 8.78. The van der Waals surface area contributed by atoms with E-state index in [-0.39, 0.29) is 26.2 Å². The van der Waals surface area contributed by atoms with E-state index in [0.29, 0.717) is 19.8 Å². The van der Waals surface area contributed by atoms with Gasteiger partial charge in [-0.25, -0.2) is 0 Å². The second kappa shape index (κ2) is 17.1. The SMILES string of the molecule is CCOC(=O)[C@H]1C[C@@]2(OC(COCc3ccccc3)[C@@H](OCc3ccccc3)[C@H](OCc3ccccc3)[C@H]2OCc2ccccc2)ON1C. The van der Waals surface area contributed by atoms with Gasteiger partial charge in [-0.2, -0.15) is 5.06 Å². The van der Waals surface area contributed by atoms with Crippen LogP contribution in [0.15, 0.2) is 121 Å². The normalized spacial score (nSPS) is 25.4. The molecule has 2 saturated heterocycles. The quantitative estimate of drug-likeness (QED) is 0.137. The van der Waals surface area contributed by atoms with Crippen molar-refractivity contribution < 1.29 is 38.1 Å². The largest absolute Gasteiger partial charge is 0.465 e. The number of nitrogens with zero attached hydrogens (tertiary/aromatic N) is 1. The van der Waals surface area contributed by atoms with E-state index < -0.39 is 42.2 Å². The Balaban J connectivity index is 1.36. The topological polar surface area (TPSA) is 84.9 Å². The number of hydrogen-bond acceptors (Lipinski definition) is 9. The van der Waals surface area contributed by atoms with E-state index in [4.69, 9.17) is 33.3 Å². The number of esters is 1. The summed E-state index contributed by atoms with van der Waals surface area (Å²) in [5, 5.41) is 1.51. The van der Waals surface area contributed by atoms with Crippen LogP contribution in [0, 0.1) is 0 Å². The van der Waals surface area contributed by atoms with E-state index in [1.807, 2.05) is 121 Å². The van der Waals surface area contributed by atoms with Crippen molar-refractivity contribution in [1.82, 2.24) is 5.06 Å². The van der Waals surface area contributed by atoms with Crippen molar-refractivity contribution in [3.63, 3.8) is 0 Å².